The van der Waals surface area contributed by atoms with Crippen LogP contribution < -0.4 is 5.32 Å². The predicted molar refractivity (Wildman–Crippen MR) is 136 cm³/mol. The van der Waals surface area contributed by atoms with Crippen molar-refractivity contribution in [2.75, 3.05) is 18.8 Å². The topological polar surface area (TPSA) is 58.1 Å². The quantitative estimate of drug-likeness (QED) is 0.278. The number of benzene rings is 2. The summed E-state index contributed by atoms with van der Waals surface area (Å²) in [4.78, 5) is 24.9. The molecule has 1 aliphatic rings. The molecule has 2 aromatic heterocycles. The molecule has 5 nitrogen and oxygen atoms in total. The molecule has 1 N–H and O–H groups in total. The van der Waals surface area contributed by atoms with E-state index in [9.17, 15) is 9.18 Å². The van der Waals surface area contributed by atoms with Gasteiger partial charge in [0.05, 0.1) is 16.0 Å². The van der Waals surface area contributed by atoms with Crippen molar-refractivity contribution in [3.8, 4) is 10.4 Å². The first-order valence-corrected chi connectivity index (χ1v) is 13.1. The number of piperidine rings is 1. The zero-order chi connectivity index (χ0) is 23.3. The molecule has 4 aromatic rings. The Hall–Kier alpha value is -2.81. The van der Waals surface area contributed by atoms with Crippen LogP contribution in [0.25, 0.3) is 20.7 Å². The molecule has 8 heteroatoms. The van der Waals surface area contributed by atoms with E-state index in [0.29, 0.717) is 5.75 Å². The van der Waals surface area contributed by atoms with Gasteiger partial charge in [-0.25, -0.2) is 14.4 Å². The fourth-order valence-corrected chi connectivity index (χ4v) is 6.18. The highest BCUT2D eigenvalue weighted by Crippen LogP contribution is 2.36. The Morgan fingerprint density at radius 2 is 1.85 bits per heavy atom. The minimum absolute atomic E-state index is 0.0357. The number of thioether (sulfide) groups is 1. The number of hydrogen-bond donors (Lipinski definition) is 1. The van der Waals surface area contributed by atoms with Gasteiger partial charge in [-0.2, -0.15) is 0 Å². The predicted octanol–water partition coefficient (Wildman–Crippen LogP) is 5.37. The molecule has 1 saturated heterocycles. The molecule has 0 aliphatic carbocycles. The van der Waals surface area contributed by atoms with Gasteiger partial charge in [-0.05, 0) is 42.2 Å². The lowest BCUT2D eigenvalue weighted by atomic mass is 10.0. The molecule has 174 valence electrons. The van der Waals surface area contributed by atoms with Crippen LogP contribution >= 0.6 is 23.1 Å². The lowest BCUT2D eigenvalue weighted by molar-refractivity contribution is -0.119. The molecule has 0 saturated carbocycles. The van der Waals surface area contributed by atoms with Crippen molar-refractivity contribution in [2.24, 2.45) is 0 Å². The van der Waals surface area contributed by atoms with E-state index < -0.39 is 0 Å². The second-order valence-electron chi connectivity index (χ2n) is 8.40. The van der Waals surface area contributed by atoms with Crippen LogP contribution in [0.2, 0.25) is 0 Å². The molecule has 1 amide bonds. The molecule has 0 bridgehead atoms. The normalized spacial score (nSPS) is 15.0. The van der Waals surface area contributed by atoms with Crippen LogP contribution in [0, 0.1) is 5.82 Å². The smallest absolute Gasteiger partial charge is 0.230 e. The van der Waals surface area contributed by atoms with Crippen molar-refractivity contribution in [2.45, 2.75) is 30.5 Å². The summed E-state index contributed by atoms with van der Waals surface area (Å²) in [5.41, 5.74) is 3.11. The van der Waals surface area contributed by atoms with Crippen LogP contribution in [-0.2, 0) is 11.3 Å². The van der Waals surface area contributed by atoms with Crippen LogP contribution in [0.15, 0.2) is 72.0 Å². The van der Waals surface area contributed by atoms with Crippen LogP contribution in [-0.4, -0.2) is 45.7 Å². The second-order valence-corrected chi connectivity index (χ2v) is 10.4. The third-order valence-corrected chi connectivity index (χ3v) is 8.25. The van der Waals surface area contributed by atoms with Gasteiger partial charge in [0.1, 0.15) is 17.2 Å². The van der Waals surface area contributed by atoms with Gasteiger partial charge in [-0.1, -0.05) is 54.2 Å². The third-order valence-electron chi connectivity index (χ3n) is 5.95. The van der Waals surface area contributed by atoms with E-state index in [0.717, 1.165) is 58.2 Å². The van der Waals surface area contributed by atoms with Gasteiger partial charge in [-0.3, -0.25) is 9.69 Å². The molecule has 0 unspecified atom stereocenters. The Morgan fingerprint density at radius 1 is 1.09 bits per heavy atom. The average Bonchev–Trinajstić information content (AvgIpc) is 3.30. The molecule has 0 radical (unpaired) electrons. The Labute approximate surface area is 206 Å². The summed E-state index contributed by atoms with van der Waals surface area (Å²) in [5, 5.41) is 4.00. The standard InChI is InChI=1S/C26H25FN4OS2/c27-20-8-6-19(7-9-20)23-14-22-25(34-23)26(29-17-28-22)33-16-24(32)30-21-10-12-31(13-11-21)15-18-4-2-1-3-5-18/h1-9,14,17,21H,10-13,15-16H2,(H,30,32). The number of carbonyl (C=O) groups excluding carboxylic acids is 1. The van der Waals surface area contributed by atoms with Gasteiger partial charge >= 0.3 is 0 Å². The Kier molecular flexibility index (Phi) is 7.18. The Morgan fingerprint density at radius 3 is 2.62 bits per heavy atom. The SMILES string of the molecule is O=C(CSc1ncnc2cc(-c3ccc(F)cc3)sc12)NC1CCN(Cc2ccccc2)CC1. The molecule has 34 heavy (non-hydrogen) atoms. The Bertz CT molecular complexity index is 1260. The van der Waals surface area contributed by atoms with Crippen LogP contribution in [0.4, 0.5) is 4.39 Å². The summed E-state index contributed by atoms with van der Waals surface area (Å²) in [6, 6.07) is 19.2. The number of nitrogens with zero attached hydrogens (tertiary/aromatic N) is 3. The number of rotatable bonds is 7. The zero-order valence-electron chi connectivity index (χ0n) is 18.6. The summed E-state index contributed by atoms with van der Waals surface area (Å²) in [6.45, 7) is 2.93. The van der Waals surface area contributed by atoms with Crippen molar-refractivity contribution in [1.82, 2.24) is 20.2 Å². The highest BCUT2D eigenvalue weighted by Gasteiger charge is 2.21. The lowest BCUT2D eigenvalue weighted by Gasteiger charge is -2.32. The molecular weight excluding hydrogens is 467 g/mol. The summed E-state index contributed by atoms with van der Waals surface area (Å²) < 4.78 is 14.2. The van der Waals surface area contributed by atoms with Crippen LogP contribution in [0.3, 0.4) is 0 Å². The zero-order valence-corrected chi connectivity index (χ0v) is 20.2. The maximum Gasteiger partial charge on any atom is 0.230 e. The third kappa shape index (κ3) is 5.63. The van der Waals surface area contributed by atoms with E-state index in [1.807, 2.05) is 12.1 Å². The van der Waals surface area contributed by atoms with Gasteiger partial charge in [0, 0.05) is 30.6 Å². The molecule has 5 rings (SSSR count). The van der Waals surface area contributed by atoms with Crippen molar-refractivity contribution in [3.05, 3.63) is 78.4 Å². The second kappa shape index (κ2) is 10.6. The minimum atomic E-state index is -0.256. The van der Waals surface area contributed by atoms with Crippen LogP contribution in [0.5, 0.6) is 0 Å². The number of fused-ring (bicyclic) bond motifs is 1. The fourth-order valence-electron chi connectivity index (χ4n) is 4.17. The Balaban J connectivity index is 1.14. The van der Waals surface area contributed by atoms with Crippen molar-refractivity contribution in [1.29, 1.82) is 0 Å². The van der Waals surface area contributed by atoms with Gasteiger partial charge in [0.2, 0.25) is 5.91 Å². The molecule has 0 spiro atoms. The van der Waals surface area contributed by atoms with Crippen LogP contribution in [0.1, 0.15) is 18.4 Å². The number of amides is 1. The van der Waals surface area contributed by atoms with Gasteiger partial charge in [0.15, 0.2) is 0 Å². The van der Waals surface area contributed by atoms with E-state index in [4.69, 9.17) is 0 Å². The van der Waals surface area contributed by atoms with Gasteiger partial charge in [0.25, 0.3) is 0 Å². The number of nitrogens with one attached hydrogen (secondary N) is 1. The monoisotopic (exact) mass is 492 g/mol. The summed E-state index contributed by atoms with van der Waals surface area (Å²) in [7, 11) is 0. The number of thiophene rings is 1. The first-order chi connectivity index (χ1) is 16.6. The maximum absolute atomic E-state index is 13.3. The first-order valence-electron chi connectivity index (χ1n) is 11.3. The molecule has 2 aromatic carbocycles. The molecule has 1 aliphatic heterocycles. The van der Waals surface area contributed by atoms with E-state index in [1.165, 1.54) is 35.8 Å². The number of aromatic nitrogens is 2. The van der Waals surface area contributed by atoms with E-state index in [2.05, 4.69) is 44.5 Å². The van der Waals surface area contributed by atoms with Gasteiger partial charge < -0.3 is 5.32 Å². The summed E-state index contributed by atoms with van der Waals surface area (Å²) >= 11 is 3.00. The molecule has 0 atom stereocenters. The maximum atomic E-state index is 13.3. The van der Waals surface area contributed by atoms with E-state index >= 15 is 0 Å². The fraction of sp³-hybridized carbons (Fsp3) is 0.269. The largest absolute Gasteiger partial charge is 0.353 e. The van der Waals surface area contributed by atoms with Crippen molar-refractivity contribution < 1.29 is 9.18 Å². The highest BCUT2D eigenvalue weighted by molar-refractivity contribution is 8.00. The van der Waals surface area contributed by atoms with E-state index in [1.54, 1.807) is 23.5 Å². The van der Waals surface area contributed by atoms with Crippen molar-refractivity contribution >= 4 is 39.2 Å². The molecule has 3 heterocycles. The molecular formula is C26H25FN4OS2. The van der Waals surface area contributed by atoms with Crippen molar-refractivity contribution in [3.63, 3.8) is 0 Å². The van der Waals surface area contributed by atoms with Gasteiger partial charge in [-0.15, -0.1) is 11.3 Å². The minimum Gasteiger partial charge on any atom is -0.353 e. The number of likely N-dealkylation sites (tertiary alicyclic amines) is 1. The molecule has 1 fully saturated rings. The number of carbonyl (C=O) groups is 1. The first kappa shape index (κ1) is 23.0. The number of halogens is 1. The van der Waals surface area contributed by atoms with E-state index in [-0.39, 0.29) is 17.8 Å². The summed E-state index contributed by atoms with van der Waals surface area (Å²) in [6.07, 6.45) is 3.46. The average molecular weight is 493 g/mol. The highest BCUT2D eigenvalue weighted by atomic mass is 32.2. The number of hydrogen-bond acceptors (Lipinski definition) is 6. The lowest BCUT2D eigenvalue weighted by Crippen LogP contribution is -2.44. The summed E-state index contributed by atoms with van der Waals surface area (Å²) in [5.74, 6) is 0.0995.